The Morgan fingerprint density at radius 3 is 1.52 bits per heavy atom. The van der Waals surface area contributed by atoms with Gasteiger partial charge in [-0.05, 0) is 53.9 Å². The van der Waals surface area contributed by atoms with Gasteiger partial charge >= 0.3 is 0 Å². The molecule has 0 amide bonds. The molecule has 0 saturated carbocycles. The van der Waals surface area contributed by atoms with Gasteiger partial charge in [0.1, 0.15) is 0 Å². The number of nitrogens with zero attached hydrogens (tertiary/aromatic N) is 3. The van der Waals surface area contributed by atoms with Crippen molar-refractivity contribution in [3.63, 3.8) is 0 Å². The van der Waals surface area contributed by atoms with Crippen molar-refractivity contribution in [2.24, 2.45) is 0 Å². The number of benzene rings is 7. The summed E-state index contributed by atoms with van der Waals surface area (Å²) in [5.74, 6) is 0. The summed E-state index contributed by atoms with van der Waals surface area (Å²) in [7, 11) is 0. The van der Waals surface area contributed by atoms with Gasteiger partial charge in [-0.15, -0.1) is 0 Å². The Hall–Kier alpha value is -6.45. The third kappa shape index (κ3) is 4.04. The second-order valence-electron chi connectivity index (χ2n) is 12.4. The van der Waals surface area contributed by atoms with Crippen LogP contribution in [-0.2, 0) is 0 Å². The molecule has 0 unspecified atom stereocenters. The molecule has 7 aromatic carbocycles. The molecule has 0 radical (unpaired) electrons. The molecule has 48 heavy (non-hydrogen) atoms. The zero-order valence-electron chi connectivity index (χ0n) is 26.1. The first-order valence-corrected chi connectivity index (χ1v) is 16.4. The number of hydrogen-bond donors (Lipinski definition) is 0. The zero-order chi connectivity index (χ0) is 31.6. The van der Waals surface area contributed by atoms with Crippen LogP contribution in [0.15, 0.2) is 176 Å². The number of rotatable bonds is 4. The van der Waals surface area contributed by atoms with Crippen molar-refractivity contribution in [2.75, 3.05) is 0 Å². The van der Waals surface area contributed by atoms with E-state index in [1.54, 1.807) is 0 Å². The minimum absolute atomic E-state index is 0.949. The molecule has 0 aliphatic heterocycles. The summed E-state index contributed by atoms with van der Waals surface area (Å²) in [6.45, 7) is 0. The van der Waals surface area contributed by atoms with E-state index >= 15 is 0 Å². The molecule has 224 valence electrons. The first-order valence-electron chi connectivity index (χ1n) is 16.4. The first kappa shape index (κ1) is 26.7. The van der Waals surface area contributed by atoms with Crippen molar-refractivity contribution in [1.29, 1.82) is 0 Å². The van der Waals surface area contributed by atoms with Gasteiger partial charge < -0.3 is 9.13 Å². The van der Waals surface area contributed by atoms with Crippen LogP contribution in [0.25, 0.3) is 88.3 Å². The first-order chi connectivity index (χ1) is 23.8. The molecular formula is C45H29N3. The summed E-state index contributed by atoms with van der Waals surface area (Å²) >= 11 is 0. The topological polar surface area (TPSA) is 22.8 Å². The highest BCUT2D eigenvalue weighted by Gasteiger charge is 2.19. The molecule has 3 aromatic heterocycles. The highest BCUT2D eigenvalue weighted by Crippen LogP contribution is 2.41. The lowest BCUT2D eigenvalue weighted by Crippen LogP contribution is -1.99. The summed E-state index contributed by atoms with van der Waals surface area (Å²) in [5.41, 5.74) is 11.1. The maximum Gasteiger partial charge on any atom is 0.0730 e. The standard InChI is InChI=1S/C45H29N3/c1-4-14-30(15-5-1)40-27-34(28-41(46-40)31-16-6-2-7-17-31)48-43-23-13-10-20-35(43)37-25-24-32-26-39-36-21-11-12-22-42(36)47(33-18-8-3-9-19-33)44(39)29-38(32)45(37)48/h1-29H. The molecule has 10 rings (SSSR count). The van der Waals surface area contributed by atoms with E-state index in [1.165, 1.54) is 54.4 Å². The molecule has 0 bridgehead atoms. The maximum absolute atomic E-state index is 5.20. The Bertz CT molecular complexity index is 2750. The second kappa shape index (κ2) is 10.5. The average molecular weight is 612 g/mol. The maximum atomic E-state index is 5.20. The molecular weight excluding hydrogens is 583 g/mol. The molecule has 3 nitrogen and oxygen atoms in total. The number of fused-ring (bicyclic) bond motifs is 8. The molecule has 0 aliphatic rings. The van der Waals surface area contributed by atoms with Crippen LogP contribution in [0.1, 0.15) is 0 Å². The Labute approximate surface area is 277 Å². The molecule has 0 spiro atoms. The van der Waals surface area contributed by atoms with Crippen LogP contribution in [0.5, 0.6) is 0 Å². The SMILES string of the molecule is c1ccc(-c2cc(-n3c4ccccc4c4ccc5cc6c7ccccc7n(-c7ccccc7)c6cc5c43)cc(-c3ccccc3)n2)cc1. The summed E-state index contributed by atoms with van der Waals surface area (Å²) < 4.78 is 4.86. The lowest BCUT2D eigenvalue weighted by molar-refractivity contribution is 1.16. The molecule has 0 saturated heterocycles. The van der Waals surface area contributed by atoms with Crippen molar-refractivity contribution in [3.05, 3.63) is 176 Å². The number of aromatic nitrogens is 3. The zero-order valence-corrected chi connectivity index (χ0v) is 26.1. The van der Waals surface area contributed by atoms with Crippen LogP contribution in [-0.4, -0.2) is 14.1 Å². The van der Waals surface area contributed by atoms with E-state index in [9.17, 15) is 0 Å². The van der Waals surface area contributed by atoms with Gasteiger partial charge in [0.15, 0.2) is 0 Å². The van der Waals surface area contributed by atoms with Crippen molar-refractivity contribution in [3.8, 4) is 33.9 Å². The summed E-state index contributed by atoms with van der Waals surface area (Å²) in [6, 6.07) is 63.1. The molecule has 0 N–H and O–H groups in total. The van der Waals surface area contributed by atoms with Gasteiger partial charge in [-0.3, -0.25) is 0 Å². The van der Waals surface area contributed by atoms with E-state index in [1.807, 2.05) is 0 Å². The van der Waals surface area contributed by atoms with Gasteiger partial charge in [-0.2, -0.15) is 0 Å². The molecule has 3 heterocycles. The van der Waals surface area contributed by atoms with Crippen LogP contribution in [0.4, 0.5) is 0 Å². The van der Waals surface area contributed by atoms with Gasteiger partial charge in [0, 0.05) is 43.7 Å². The van der Waals surface area contributed by atoms with Crippen LogP contribution in [0, 0.1) is 0 Å². The highest BCUT2D eigenvalue weighted by atomic mass is 15.0. The predicted octanol–water partition coefficient (Wildman–Crippen LogP) is 11.8. The van der Waals surface area contributed by atoms with Crippen LogP contribution >= 0.6 is 0 Å². The molecule has 3 heteroatoms. The van der Waals surface area contributed by atoms with E-state index in [-0.39, 0.29) is 0 Å². The van der Waals surface area contributed by atoms with E-state index in [4.69, 9.17) is 4.98 Å². The van der Waals surface area contributed by atoms with Crippen LogP contribution in [0.2, 0.25) is 0 Å². The quantitative estimate of drug-likeness (QED) is 0.194. The second-order valence-corrected chi connectivity index (χ2v) is 12.4. The van der Waals surface area contributed by atoms with E-state index in [0.717, 1.165) is 33.9 Å². The highest BCUT2D eigenvalue weighted by molar-refractivity contribution is 6.22. The molecule has 0 fully saturated rings. The Balaban J connectivity index is 1.35. The summed E-state index contributed by atoms with van der Waals surface area (Å²) in [4.78, 5) is 5.20. The number of hydrogen-bond acceptors (Lipinski definition) is 1. The van der Waals surface area contributed by atoms with E-state index in [0.29, 0.717) is 0 Å². The van der Waals surface area contributed by atoms with Crippen molar-refractivity contribution in [1.82, 2.24) is 14.1 Å². The summed E-state index contributed by atoms with van der Waals surface area (Å²) in [5, 5.41) is 7.42. The molecule has 0 aliphatic carbocycles. The monoisotopic (exact) mass is 611 g/mol. The third-order valence-corrected chi connectivity index (χ3v) is 9.66. The number of pyridine rings is 1. The van der Waals surface area contributed by atoms with Gasteiger partial charge in [-0.25, -0.2) is 4.98 Å². The lowest BCUT2D eigenvalue weighted by Gasteiger charge is -2.14. The average Bonchev–Trinajstić information content (AvgIpc) is 3.67. The van der Waals surface area contributed by atoms with Gasteiger partial charge in [0.05, 0.1) is 39.1 Å². The van der Waals surface area contributed by atoms with Crippen LogP contribution in [0.3, 0.4) is 0 Å². The van der Waals surface area contributed by atoms with Crippen molar-refractivity contribution in [2.45, 2.75) is 0 Å². The lowest BCUT2D eigenvalue weighted by atomic mass is 10.0. The normalized spacial score (nSPS) is 11.8. The minimum Gasteiger partial charge on any atom is -0.309 e. The fourth-order valence-electron chi connectivity index (χ4n) is 7.53. The smallest absolute Gasteiger partial charge is 0.0730 e. The fraction of sp³-hybridized carbons (Fsp3) is 0. The Morgan fingerprint density at radius 2 is 0.875 bits per heavy atom. The largest absolute Gasteiger partial charge is 0.309 e. The van der Waals surface area contributed by atoms with Gasteiger partial charge in [-0.1, -0.05) is 127 Å². The third-order valence-electron chi connectivity index (χ3n) is 9.66. The predicted molar refractivity (Wildman–Crippen MR) is 201 cm³/mol. The number of para-hydroxylation sites is 3. The van der Waals surface area contributed by atoms with Crippen molar-refractivity contribution < 1.29 is 0 Å². The Kier molecular flexibility index (Phi) is 5.87. The van der Waals surface area contributed by atoms with Crippen molar-refractivity contribution >= 4 is 54.4 Å². The summed E-state index contributed by atoms with van der Waals surface area (Å²) in [6.07, 6.45) is 0. The minimum atomic E-state index is 0.949. The molecule has 10 aromatic rings. The Morgan fingerprint density at radius 1 is 0.333 bits per heavy atom. The van der Waals surface area contributed by atoms with Crippen LogP contribution < -0.4 is 0 Å². The van der Waals surface area contributed by atoms with E-state index < -0.39 is 0 Å². The van der Waals surface area contributed by atoms with Gasteiger partial charge in [0.2, 0.25) is 0 Å². The molecule has 0 atom stereocenters. The van der Waals surface area contributed by atoms with E-state index in [2.05, 4.69) is 185 Å². The van der Waals surface area contributed by atoms with Gasteiger partial charge in [0.25, 0.3) is 0 Å². The fourth-order valence-corrected chi connectivity index (χ4v) is 7.53.